The minimum absolute atomic E-state index is 0.0763. The molecule has 0 unspecified atom stereocenters. The monoisotopic (exact) mass is 261 g/mol. The molecule has 18 heavy (non-hydrogen) atoms. The van der Waals surface area contributed by atoms with E-state index in [-0.39, 0.29) is 5.91 Å². The summed E-state index contributed by atoms with van der Waals surface area (Å²) in [5.74, 6) is -0.0763. The first-order valence-corrected chi connectivity index (χ1v) is 6.53. The molecule has 2 N–H and O–H groups in total. The highest BCUT2D eigenvalue weighted by Gasteiger charge is 2.04. The Labute approximate surface area is 110 Å². The van der Waals surface area contributed by atoms with Crippen LogP contribution in [0.15, 0.2) is 29.8 Å². The fourth-order valence-corrected chi connectivity index (χ4v) is 2.31. The number of hydrogen-bond donors (Lipinski definition) is 2. The van der Waals surface area contributed by atoms with Crippen molar-refractivity contribution in [2.75, 3.05) is 12.4 Å². The molecule has 94 valence electrons. The first-order chi connectivity index (χ1) is 8.70. The van der Waals surface area contributed by atoms with Crippen LogP contribution in [-0.4, -0.2) is 17.9 Å². The van der Waals surface area contributed by atoms with Crippen molar-refractivity contribution in [2.45, 2.75) is 13.5 Å². The van der Waals surface area contributed by atoms with Gasteiger partial charge in [0, 0.05) is 23.2 Å². The second-order valence-electron chi connectivity index (χ2n) is 3.87. The molecule has 0 bridgehead atoms. The molecule has 0 saturated carbocycles. The number of rotatable bonds is 4. The molecule has 4 nitrogen and oxygen atoms in total. The van der Waals surface area contributed by atoms with Crippen LogP contribution in [0.25, 0.3) is 0 Å². The molecule has 2 aromatic rings. The van der Waals surface area contributed by atoms with Gasteiger partial charge in [0.05, 0.1) is 17.7 Å². The van der Waals surface area contributed by atoms with Crippen LogP contribution in [0.2, 0.25) is 0 Å². The van der Waals surface area contributed by atoms with Crippen LogP contribution in [0.3, 0.4) is 0 Å². The Morgan fingerprint density at radius 2 is 2.28 bits per heavy atom. The van der Waals surface area contributed by atoms with Gasteiger partial charge in [0.2, 0.25) is 0 Å². The molecule has 0 radical (unpaired) electrons. The second-order valence-corrected chi connectivity index (χ2v) is 4.81. The summed E-state index contributed by atoms with van der Waals surface area (Å²) in [7, 11) is 1.63. The molecular formula is C13H15N3OS. The third-order valence-corrected chi connectivity index (χ3v) is 3.58. The molecule has 0 fully saturated rings. The Morgan fingerprint density at radius 3 is 2.94 bits per heavy atom. The number of hydrogen-bond acceptors (Lipinski definition) is 4. The van der Waals surface area contributed by atoms with E-state index in [0.29, 0.717) is 5.56 Å². The van der Waals surface area contributed by atoms with Crippen molar-refractivity contribution >= 4 is 22.9 Å². The normalized spacial score (nSPS) is 10.1. The van der Waals surface area contributed by atoms with Crippen LogP contribution in [0.1, 0.15) is 20.9 Å². The van der Waals surface area contributed by atoms with Crippen LogP contribution in [0.4, 0.5) is 5.69 Å². The van der Waals surface area contributed by atoms with Gasteiger partial charge in [-0.2, -0.15) is 0 Å². The quantitative estimate of drug-likeness (QED) is 0.888. The summed E-state index contributed by atoms with van der Waals surface area (Å²) >= 11 is 1.63. The number of carbonyl (C=O) groups excluding carboxylic acids is 1. The molecule has 1 heterocycles. The van der Waals surface area contributed by atoms with Crippen molar-refractivity contribution < 1.29 is 4.79 Å². The van der Waals surface area contributed by atoms with Crippen LogP contribution in [-0.2, 0) is 6.54 Å². The number of carbonyl (C=O) groups is 1. The van der Waals surface area contributed by atoms with E-state index in [0.717, 1.165) is 17.9 Å². The first kappa shape index (κ1) is 12.6. The Bertz CT molecular complexity index is 551. The molecule has 0 spiro atoms. The molecule has 2 rings (SSSR count). The van der Waals surface area contributed by atoms with E-state index >= 15 is 0 Å². The summed E-state index contributed by atoms with van der Waals surface area (Å²) in [6.45, 7) is 2.72. The molecule has 0 saturated heterocycles. The zero-order valence-electron chi connectivity index (χ0n) is 10.4. The number of nitrogens with one attached hydrogen (secondary N) is 2. The van der Waals surface area contributed by atoms with E-state index in [2.05, 4.69) is 15.6 Å². The van der Waals surface area contributed by atoms with Crippen molar-refractivity contribution in [3.05, 3.63) is 45.9 Å². The Kier molecular flexibility index (Phi) is 3.94. The third-order valence-electron chi connectivity index (χ3n) is 2.65. The Hall–Kier alpha value is -1.88. The predicted molar refractivity (Wildman–Crippen MR) is 74.0 cm³/mol. The van der Waals surface area contributed by atoms with E-state index in [1.807, 2.05) is 30.6 Å². The van der Waals surface area contributed by atoms with Crippen molar-refractivity contribution in [2.24, 2.45) is 0 Å². The zero-order valence-corrected chi connectivity index (χ0v) is 11.2. The average Bonchev–Trinajstić information content (AvgIpc) is 2.81. The number of thiazole rings is 1. The van der Waals surface area contributed by atoms with E-state index in [1.165, 1.54) is 4.88 Å². The maximum absolute atomic E-state index is 11.5. The van der Waals surface area contributed by atoms with Gasteiger partial charge in [0.15, 0.2) is 0 Å². The predicted octanol–water partition coefficient (Wildman–Crippen LogP) is 2.42. The molecule has 0 aliphatic carbocycles. The van der Waals surface area contributed by atoms with Gasteiger partial charge in [-0.15, -0.1) is 11.3 Å². The maximum atomic E-state index is 11.5. The van der Waals surface area contributed by atoms with Crippen LogP contribution >= 0.6 is 11.3 Å². The fraction of sp³-hybridized carbons (Fsp3) is 0.231. The summed E-state index contributed by atoms with van der Waals surface area (Å²) in [4.78, 5) is 16.9. The van der Waals surface area contributed by atoms with Crippen molar-refractivity contribution in [3.8, 4) is 0 Å². The molecule has 0 aliphatic rings. The van der Waals surface area contributed by atoms with Crippen molar-refractivity contribution in [1.82, 2.24) is 10.3 Å². The zero-order chi connectivity index (χ0) is 13.0. The minimum atomic E-state index is -0.0763. The average molecular weight is 261 g/mol. The number of amides is 1. The number of anilines is 1. The summed E-state index contributed by atoms with van der Waals surface area (Å²) in [6.07, 6.45) is 0. The van der Waals surface area contributed by atoms with Gasteiger partial charge in [-0.3, -0.25) is 4.79 Å². The van der Waals surface area contributed by atoms with E-state index in [1.54, 1.807) is 24.5 Å². The van der Waals surface area contributed by atoms with Gasteiger partial charge in [0.25, 0.3) is 5.91 Å². The molecule has 0 aliphatic heterocycles. The molecule has 5 heteroatoms. The van der Waals surface area contributed by atoms with Gasteiger partial charge in [0.1, 0.15) is 0 Å². The lowest BCUT2D eigenvalue weighted by molar-refractivity contribution is 0.0963. The SMILES string of the molecule is CNC(=O)c1cccc(NCc2scnc2C)c1. The molecule has 1 aromatic heterocycles. The summed E-state index contributed by atoms with van der Waals surface area (Å²) in [5.41, 5.74) is 4.48. The molecule has 1 aromatic carbocycles. The summed E-state index contributed by atoms with van der Waals surface area (Å²) in [5, 5.41) is 5.91. The highest BCUT2D eigenvalue weighted by molar-refractivity contribution is 7.09. The van der Waals surface area contributed by atoms with Gasteiger partial charge in [-0.05, 0) is 25.1 Å². The van der Waals surface area contributed by atoms with Crippen LogP contribution in [0.5, 0.6) is 0 Å². The molecule has 0 atom stereocenters. The largest absolute Gasteiger partial charge is 0.380 e. The van der Waals surface area contributed by atoms with Crippen molar-refractivity contribution in [1.29, 1.82) is 0 Å². The topological polar surface area (TPSA) is 54.0 Å². The van der Waals surface area contributed by atoms with Gasteiger partial charge in [-0.1, -0.05) is 6.07 Å². The number of aromatic nitrogens is 1. The highest BCUT2D eigenvalue weighted by atomic mass is 32.1. The number of aryl methyl sites for hydroxylation is 1. The Balaban J connectivity index is 2.06. The second kappa shape index (κ2) is 5.64. The standard InChI is InChI=1S/C13H15N3OS/c1-9-12(18-8-16-9)7-15-11-5-3-4-10(6-11)13(17)14-2/h3-6,8,15H,7H2,1-2H3,(H,14,17). The fourth-order valence-electron chi connectivity index (χ4n) is 1.59. The van der Waals surface area contributed by atoms with E-state index in [9.17, 15) is 4.79 Å². The molecular weight excluding hydrogens is 246 g/mol. The first-order valence-electron chi connectivity index (χ1n) is 5.65. The minimum Gasteiger partial charge on any atom is -0.380 e. The molecule has 1 amide bonds. The lowest BCUT2D eigenvalue weighted by Gasteiger charge is -2.07. The number of nitrogens with zero attached hydrogens (tertiary/aromatic N) is 1. The van der Waals surface area contributed by atoms with E-state index < -0.39 is 0 Å². The third kappa shape index (κ3) is 2.87. The van der Waals surface area contributed by atoms with Crippen molar-refractivity contribution in [3.63, 3.8) is 0 Å². The summed E-state index contributed by atoms with van der Waals surface area (Å²) in [6, 6.07) is 7.45. The Morgan fingerprint density at radius 1 is 1.44 bits per heavy atom. The lowest BCUT2D eigenvalue weighted by atomic mass is 10.2. The summed E-state index contributed by atoms with van der Waals surface area (Å²) < 4.78 is 0. The maximum Gasteiger partial charge on any atom is 0.251 e. The lowest BCUT2D eigenvalue weighted by Crippen LogP contribution is -2.17. The van der Waals surface area contributed by atoms with Crippen LogP contribution in [0, 0.1) is 6.92 Å². The number of benzene rings is 1. The van der Waals surface area contributed by atoms with Crippen LogP contribution < -0.4 is 10.6 Å². The van der Waals surface area contributed by atoms with Gasteiger partial charge >= 0.3 is 0 Å². The smallest absolute Gasteiger partial charge is 0.251 e. The van der Waals surface area contributed by atoms with Gasteiger partial charge < -0.3 is 10.6 Å². The highest BCUT2D eigenvalue weighted by Crippen LogP contribution is 2.16. The van der Waals surface area contributed by atoms with E-state index in [4.69, 9.17) is 0 Å². The van der Waals surface area contributed by atoms with Gasteiger partial charge in [-0.25, -0.2) is 4.98 Å².